The number of carbonyl (C=O) groups excluding carboxylic acids is 2. The van der Waals surface area contributed by atoms with Crippen molar-refractivity contribution in [1.29, 1.82) is 0 Å². The number of hydrogen-bond donors (Lipinski definition) is 1. The van der Waals surface area contributed by atoms with E-state index >= 15 is 0 Å². The van der Waals surface area contributed by atoms with Crippen molar-refractivity contribution in [2.45, 2.75) is 20.3 Å². The highest BCUT2D eigenvalue weighted by molar-refractivity contribution is 5.72. The molecule has 0 aromatic rings. The maximum absolute atomic E-state index is 9.70. The van der Waals surface area contributed by atoms with Crippen molar-refractivity contribution < 1.29 is 19.5 Å². The molecule has 4 nitrogen and oxygen atoms in total. The summed E-state index contributed by atoms with van der Waals surface area (Å²) in [6.07, 6.45) is 1.15. The Morgan fingerprint density at radius 1 is 1.36 bits per heavy atom. The van der Waals surface area contributed by atoms with Gasteiger partial charge in [0.05, 0.1) is 12.3 Å². The molecule has 0 heterocycles. The molecule has 0 atom stereocenters. The molecule has 0 amide bonds. The summed E-state index contributed by atoms with van der Waals surface area (Å²) in [5.74, 6) is -0.972. The lowest BCUT2D eigenvalue weighted by atomic mass is 10.2. The topological polar surface area (TPSA) is 71.4 Å². The fourth-order valence-corrected chi connectivity index (χ4v) is 0.0393. The second-order valence-electron chi connectivity index (χ2n) is 2.06. The molecular weight excluding hydrogens is 148 g/mol. The minimum atomic E-state index is -0.741. The zero-order valence-electron chi connectivity index (χ0n) is 6.61. The van der Waals surface area contributed by atoms with Crippen molar-refractivity contribution in [2.75, 3.05) is 0 Å². The minimum Gasteiger partial charge on any atom is -0.481 e. The molecular formula is C7H12O4. The second kappa shape index (κ2) is 8.81. The summed E-state index contributed by atoms with van der Waals surface area (Å²) < 4.78 is 0. The molecule has 0 aliphatic carbocycles. The molecule has 0 aliphatic heterocycles. The largest absolute Gasteiger partial charge is 0.481 e. The van der Waals surface area contributed by atoms with Gasteiger partial charge in [-0.05, 0) is 0 Å². The lowest BCUT2D eigenvalue weighted by Gasteiger charge is -1.89. The predicted molar refractivity (Wildman–Crippen MR) is 39.2 cm³/mol. The third-order valence-corrected chi connectivity index (χ3v) is 0.686. The van der Waals surface area contributed by atoms with Gasteiger partial charge in [-0.15, -0.1) is 0 Å². The highest BCUT2D eigenvalue weighted by atomic mass is 16.4. The Labute approximate surface area is 65.2 Å². The summed E-state index contributed by atoms with van der Waals surface area (Å²) >= 11 is 0. The Morgan fingerprint density at radius 3 is 1.64 bits per heavy atom. The van der Waals surface area contributed by atoms with Crippen LogP contribution in [0, 0.1) is 5.92 Å². The first kappa shape index (κ1) is 12.5. The molecule has 0 aromatic heterocycles. The summed E-state index contributed by atoms with van der Waals surface area (Å²) in [6, 6.07) is 0. The van der Waals surface area contributed by atoms with Crippen molar-refractivity contribution in [1.82, 2.24) is 0 Å². The monoisotopic (exact) mass is 160 g/mol. The van der Waals surface area contributed by atoms with Gasteiger partial charge in [0.2, 0.25) is 0 Å². The normalized spacial score (nSPS) is 7.91. The summed E-state index contributed by atoms with van der Waals surface area (Å²) in [4.78, 5) is 28.0. The minimum absolute atomic E-state index is 0.0278. The van der Waals surface area contributed by atoms with Gasteiger partial charge in [0.15, 0.2) is 0 Å². The molecule has 0 unspecified atom stereocenters. The lowest BCUT2D eigenvalue weighted by Crippen LogP contribution is -2.03. The average molecular weight is 160 g/mol. The number of hydrogen-bond acceptors (Lipinski definition) is 3. The van der Waals surface area contributed by atoms with Crippen LogP contribution in [0.4, 0.5) is 0 Å². The van der Waals surface area contributed by atoms with E-state index in [2.05, 4.69) is 0 Å². The van der Waals surface area contributed by atoms with Crippen molar-refractivity contribution in [3.63, 3.8) is 0 Å². The number of carboxylic acid groups (broad SMARTS) is 1. The summed E-state index contributed by atoms with van der Waals surface area (Å²) in [5.41, 5.74) is 0. The van der Waals surface area contributed by atoms with Crippen molar-refractivity contribution in [3.05, 3.63) is 0 Å². The first-order valence-electron chi connectivity index (χ1n) is 3.16. The number of carbonyl (C=O) groups is 3. The molecule has 64 valence electrons. The van der Waals surface area contributed by atoms with Crippen LogP contribution >= 0.6 is 0 Å². The van der Waals surface area contributed by atoms with E-state index < -0.39 is 5.97 Å². The predicted octanol–water partition coefficient (Wildman–Crippen LogP) is 0.501. The number of rotatable bonds is 3. The van der Waals surface area contributed by atoms with E-state index in [4.69, 9.17) is 5.11 Å². The van der Waals surface area contributed by atoms with Gasteiger partial charge < -0.3 is 14.7 Å². The molecule has 4 heteroatoms. The first-order valence-corrected chi connectivity index (χ1v) is 3.16. The van der Waals surface area contributed by atoms with Crippen LogP contribution in [0.5, 0.6) is 0 Å². The Bertz CT molecular complexity index is 122. The average Bonchev–Trinajstić information content (AvgIpc) is 1.90. The molecule has 0 rings (SSSR count). The number of aldehydes is 2. The molecule has 0 saturated carbocycles. The van der Waals surface area contributed by atoms with Gasteiger partial charge in [-0.25, -0.2) is 0 Å². The molecule has 0 spiro atoms. The fourth-order valence-electron chi connectivity index (χ4n) is 0.0393. The summed E-state index contributed by atoms with van der Waals surface area (Å²) in [7, 11) is 0. The lowest BCUT2D eigenvalue weighted by molar-refractivity contribution is -0.140. The van der Waals surface area contributed by atoms with E-state index in [-0.39, 0.29) is 12.3 Å². The van der Waals surface area contributed by atoms with Gasteiger partial charge in [-0.3, -0.25) is 4.79 Å². The molecule has 0 fully saturated rings. The van der Waals surface area contributed by atoms with Crippen molar-refractivity contribution in [2.24, 2.45) is 5.92 Å². The fraction of sp³-hybridized carbons (Fsp3) is 0.571. The molecule has 0 aliphatic rings. The van der Waals surface area contributed by atoms with Crippen LogP contribution in [0.3, 0.4) is 0 Å². The Hall–Kier alpha value is -1.19. The summed E-state index contributed by atoms with van der Waals surface area (Å²) in [6.45, 7) is 3.28. The summed E-state index contributed by atoms with van der Waals surface area (Å²) in [5, 5.41) is 7.99. The zero-order valence-corrected chi connectivity index (χ0v) is 6.61. The maximum atomic E-state index is 9.70. The van der Waals surface area contributed by atoms with Crippen LogP contribution in [0.25, 0.3) is 0 Å². The molecule has 0 bridgehead atoms. The first-order chi connectivity index (χ1) is 5.06. The van der Waals surface area contributed by atoms with Gasteiger partial charge >= 0.3 is 5.97 Å². The van der Waals surface area contributed by atoms with Gasteiger partial charge in [0.25, 0.3) is 0 Å². The quantitative estimate of drug-likeness (QED) is 0.482. The van der Waals surface area contributed by atoms with E-state index in [0.29, 0.717) is 12.6 Å². The molecule has 11 heavy (non-hydrogen) atoms. The van der Waals surface area contributed by atoms with Gasteiger partial charge in [-0.2, -0.15) is 0 Å². The Balaban J connectivity index is 0. The van der Waals surface area contributed by atoms with Crippen LogP contribution in [-0.4, -0.2) is 23.6 Å². The number of aliphatic carboxylic acids is 1. The van der Waals surface area contributed by atoms with E-state index in [1.165, 1.54) is 0 Å². The van der Waals surface area contributed by atoms with Gasteiger partial charge in [0, 0.05) is 0 Å². The third-order valence-electron chi connectivity index (χ3n) is 0.686. The highest BCUT2D eigenvalue weighted by Gasteiger charge is 1.99. The van der Waals surface area contributed by atoms with E-state index in [0.717, 1.165) is 0 Å². The van der Waals surface area contributed by atoms with Crippen LogP contribution in [0.15, 0.2) is 0 Å². The van der Waals surface area contributed by atoms with E-state index in [9.17, 15) is 14.4 Å². The molecule has 0 aromatic carbocycles. The Morgan fingerprint density at radius 2 is 1.64 bits per heavy atom. The number of carboxylic acids is 1. The van der Waals surface area contributed by atoms with Crippen LogP contribution in [-0.2, 0) is 14.4 Å². The molecule has 0 saturated heterocycles. The van der Waals surface area contributed by atoms with E-state index in [1.54, 1.807) is 13.8 Å². The van der Waals surface area contributed by atoms with Crippen molar-refractivity contribution in [3.8, 4) is 0 Å². The van der Waals surface area contributed by atoms with Gasteiger partial charge in [-0.1, -0.05) is 13.8 Å². The third kappa shape index (κ3) is 17.7. The zero-order chi connectivity index (χ0) is 9.28. The van der Waals surface area contributed by atoms with E-state index in [1.807, 2.05) is 0 Å². The van der Waals surface area contributed by atoms with Crippen LogP contribution < -0.4 is 0 Å². The SMILES string of the molecule is CC(C)C(=O)O.O=CCC=O. The molecule has 1 N–H and O–H groups in total. The Kier molecular flexibility index (Phi) is 10.00. The van der Waals surface area contributed by atoms with Crippen LogP contribution in [0.2, 0.25) is 0 Å². The standard InChI is InChI=1S/C4H8O2.C3H4O2/c1-3(2)4(5)6;4-2-1-3-5/h3H,1-2H3,(H,5,6);2-3H,1H2. The highest BCUT2D eigenvalue weighted by Crippen LogP contribution is 1.87. The van der Waals surface area contributed by atoms with Crippen LogP contribution in [0.1, 0.15) is 20.3 Å². The van der Waals surface area contributed by atoms with Gasteiger partial charge in [0.1, 0.15) is 12.6 Å². The second-order valence-corrected chi connectivity index (χ2v) is 2.06. The molecule has 0 radical (unpaired) electrons. The van der Waals surface area contributed by atoms with Crippen molar-refractivity contribution >= 4 is 18.5 Å². The smallest absolute Gasteiger partial charge is 0.305 e. The maximum Gasteiger partial charge on any atom is 0.305 e.